The topological polar surface area (TPSA) is 112 Å². The average Bonchev–Trinajstić information content (AvgIpc) is 3.28. The van der Waals surface area contributed by atoms with Gasteiger partial charge in [-0.25, -0.2) is 9.48 Å². The molecule has 4 aromatic rings. The lowest BCUT2D eigenvalue weighted by atomic mass is 9.92. The summed E-state index contributed by atoms with van der Waals surface area (Å²) in [6.45, 7) is 3.85. The molecule has 34 heavy (non-hydrogen) atoms. The van der Waals surface area contributed by atoms with Crippen molar-refractivity contribution in [3.63, 3.8) is 0 Å². The van der Waals surface area contributed by atoms with Crippen LogP contribution in [0, 0.1) is 0 Å². The number of ether oxygens (including phenoxy) is 1. The fourth-order valence-electron chi connectivity index (χ4n) is 4.32. The third kappa shape index (κ3) is 4.05. The number of urea groups is 1. The molecule has 0 radical (unpaired) electrons. The van der Waals surface area contributed by atoms with Crippen LogP contribution in [0.5, 0.6) is 11.8 Å². The highest BCUT2D eigenvalue weighted by Crippen LogP contribution is 2.45. The number of nitrogen functional groups attached to an aromatic ring is 1. The number of benzene rings is 2. The molecule has 0 atom stereocenters. The van der Waals surface area contributed by atoms with E-state index in [9.17, 15) is 4.79 Å². The van der Waals surface area contributed by atoms with Gasteiger partial charge in [-0.2, -0.15) is 10.1 Å². The molecule has 2 aromatic heterocycles. The van der Waals surface area contributed by atoms with Crippen molar-refractivity contribution in [3.05, 3.63) is 48.8 Å². The summed E-state index contributed by atoms with van der Waals surface area (Å²) in [6.07, 6.45) is 4.89. The molecule has 5 rings (SSSR count). The minimum absolute atomic E-state index is 0.0693. The number of anilines is 2. The normalized spacial score (nSPS) is 13.8. The first-order valence-corrected chi connectivity index (χ1v) is 11.5. The Bertz CT molecular complexity index is 1330. The molecular weight excluding hydrogens is 430 g/mol. The zero-order chi connectivity index (χ0) is 23.8. The summed E-state index contributed by atoms with van der Waals surface area (Å²) < 4.78 is 9.90. The van der Waals surface area contributed by atoms with Gasteiger partial charge in [0.1, 0.15) is 12.1 Å². The maximum atomic E-state index is 12.0. The Hall–Kier alpha value is -4.01. The highest BCUT2D eigenvalue weighted by Gasteiger charge is 2.27. The van der Waals surface area contributed by atoms with E-state index in [1.807, 2.05) is 56.3 Å². The first-order chi connectivity index (χ1) is 16.4. The van der Waals surface area contributed by atoms with E-state index in [0.717, 1.165) is 46.4 Å². The Morgan fingerprint density at radius 2 is 1.94 bits per heavy atom. The van der Waals surface area contributed by atoms with Crippen LogP contribution in [0.3, 0.4) is 0 Å². The Kier molecular flexibility index (Phi) is 5.61. The van der Waals surface area contributed by atoms with Gasteiger partial charge < -0.3 is 25.7 Å². The van der Waals surface area contributed by atoms with E-state index < -0.39 is 0 Å². The van der Waals surface area contributed by atoms with Crippen molar-refractivity contribution in [2.75, 3.05) is 11.1 Å². The lowest BCUT2D eigenvalue weighted by Crippen LogP contribution is -2.34. The molecule has 1 saturated carbocycles. The average molecular weight is 460 g/mol. The molecule has 0 spiro atoms. The second-order valence-electron chi connectivity index (χ2n) is 8.99. The van der Waals surface area contributed by atoms with Crippen LogP contribution in [0.4, 0.5) is 16.2 Å². The number of rotatable bonds is 6. The van der Waals surface area contributed by atoms with Crippen LogP contribution >= 0.6 is 0 Å². The van der Waals surface area contributed by atoms with E-state index in [2.05, 4.69) is 25.3 Å². The van der Waals surface area contributed by atoms with Crippen molar-refractivity contribution >= 4 is 28.3 Å². The minimum atomic E-state index is -0.221. The van der Waals surface area contributed by atoms with Gasteiger partial charge in [0.25, 0.3) is 0 Å². The molecule has 9 nitrogen and oxygen atoms in total. The largest absolute Gasteiger partial charge is 0.424 e. The molecule has 0 bridgehead atoms. The van der Waals surface area contributed by atoms with Gasteiger partial charge in [-0.05, 0) is 57.4 Å². The van der Waals surface area contributed by atoms with Gasteiger partial charge in [0.15, 0.2) is 0 Å². The van der Waals surface area contributed by atoms with Gasteiger partial charge in [0.05, 0.1) is 16.9 Å². The molecule has 1 aliphatic rings. The summed E-state index contributed by atoms with van der Waals surface area (Å²) in [5.74, 6) is 0.684. The first kappa shape index (κ1) is 21.8. The number of nitrogens with one attached hydrogen (secondary N) is 2. The number of nitrogens with zero attached hydrogens (tertiary/aromatic N) is 4. The third-order valence-electron chi connectivity index (χ3n) is 6.17. The summed E-state index contributed by atoms with van der Waals surface area (Å²) in [4.78, 5) is 16.2. The van der Waals surface area contributed by atoms with Crippen LogP contribution in [0.2, 0.25) is 0 Å². The van der Waals surface area contributed by atoms with Crippen molar-refractivity contribution in [2.45, 2.75) is 45.2 Å². The molecule has 176 valence electrons. The van der Waals surface area contributed by atoms with Gasteiger partial charge in [-0.15, -0.1) is 0 Å². The van der Waals surface area contributed by atoms with Gasteiger partial charge in [0.2, 0.25) is 0 Å². The van der Waals surface area contributed by atoms with Crippen LogP contribution in [0.1, 0.15) is 39.2 Å². The van der Waals surface area contributed by atoms with E-state index in [0.29, 0.717) is 17.8 Å². The lowest BCUT2D eigenvalue weighted by molar-refractivity contribution is 0.250. The predicted molar refractivity (Wildman–Crippen MR) is 133 cm³/mol. The molecule has 4 N–H and O–H groups in total. The van der Waals surface area contributed by atoms with Gasteiger partial charge >= 0.3 is 12.0 Å². The summed E-state index contributed by atoms with van der Waals surface area (Å²) in [7, 11) is 1.79. The molecule has 2 aromatic carbocycles. The fourth-order valence-corrected chi connectivity index (χ4v) is 4.32. The van der Waals surface area contributed by atoms with Crippen LogP contribution < -0.4 is 21.1 Å². The van der Waals surface area contributed by atoms with Crippen molar-refractivity contribution < 1.29 is 9.53 Å². The van der Waals surface area contributed by atoms with Gasteiger partial charge in [0, 0.05) is 41.8 Å². The molecule has 0 unspecified atom stereocenters. The Balaban J connectivity index is 1.52. The highest BCUT2D eigenvalue weighted by molar-refractivity contribution is 6.02. The predicted octanol–water partition coefficient (Wildman–Crippen LogP) is 5.07. The molecule has 2 heterocycles. The van der Waals surface area contributed by atoms with Crippen LogP contribution in [0.15, 0.2) is 48.8 Å². The molecule has 9 heteroatoms. The summed E-state index contributed by atoms with van der Waals surface area (Å²) >= 11 is 0. The quantitative estimate of drug-likeness (QED) is 0.373. The SMILES string of the molecule is CC(C)NC(=O)Nc1ccc(-c2c(N)c3ccc(Oc4ncnn4C)cc3n2C2CCC2)cc1. The van der Waals surface area contributed by atoms with Crippen molar-refractivity contribution in [3.8, 4) is 23.0 Å². The van der Waals surface area contributed by atoms with Crippen molar-refractivity contribution in [1.29, 1.82) is 0 Å². The smallest absolute Gasteiger partial charge is 0.320 e. The summed E-state index contributed by atoms with van der Waals surface area (Å²) in [5, 5.41) is 10.8. The number of hydrogen-bond acceptors (Lipinski definition) is 5. The van der Waals surface area contributed by atoms with Crippen LogP contribution in [0.25, 0.3) is 22.2 Å². The molecule has 0 aliphatic heterocycles. The fraction of sp³-hybridized carbons (Fsp3) is 0.320. The van der Waals surface area contributed by atoms with E-state index in [-0.39, 0.29) is 12.1 Å². The summed E-state index contributed by atoms with van der Waals surface area (Å²) in [6, 6.07) is 14.4. The van der Waals surface area contributed by atoms with E-state index in [4.69, 9.17) is 10.5 Å². The maximum Gasteiger partial charge on any atom is 0.320 e. The lowest BCUT2D eigenvalue weighted by Gasteiger charge is -2.30. The summed E-state index contributed by atoms with van der Waals surface area (Å²) in [5.41, 5.74) is 11.2. The number of carbonyl (C=O) groups is 1. The first-order valence-electron chi connectivity index (χ1n) is 11.5. The number of carbonyl (C=O) groups excluding carboxylic acids is 1. The van der Waals surface area contributed by atoms with Crippen LogP contribution in [-0.4, -0.2) is 31.4 Å². The highest BCUT2D eigenvalue weighted by atomic mass is 16.5. The molecule has 2 amide bonds. The number of aryl methyl sites for hydroxylation is 1. The number of fused-ring (bicyclic) bond motifs is 1. The third-order valence-corrected chi connectivity index (χ3v) is 6.17. The zero-order valence-electron chi connectivity index (χ0n) is 19.6. The van der Waals surface area contributed by atoms with E-state index in [1.54, 1.807) is 11.7 Å². The number of hydrogen-bond donors (Lipinski definition) is 3. The number of nitrogens with two attached hydrogens (primary N) is 1. The number of aromatic nitrogens is 4. The second-order valence-corrected chi connectivity index (χ2v) is 8.99. The standard InChI is InChI=1S/C25H29N7O2/c1-15(2)29-24(33)30-17-9-7-16(8-10-17)23-22(26)20-12-11-19(34-25-27-14-28-31(25)3)13-21(20)32(23)18-5-4-6-18/h7-15,18H,4-6,26H2,1-3H3,(H2,29,30,33). The van der Waals surface area contributed by atoms with Crippen LogP contribution in [-0.2, 0) is 7.05 Å². The Morgan fingerprint density at radius 3 is 2.56 bits per heavy atom. The zero-order valence-corrected chi connectivity index (χ0v) is 19.6. The van der Waals surface area contributed by atoms with Crippen molar-refractivity contribution in [1.82, 2.24) is 24.6 Å². The Labute approximate surface area is 197 Å². The second kappa shape index (κ2) is 8.74. The Morgan fingerprint density at radius 1 is 1.18 bits per heavy atom. The number of amides is 2. The maximum absolute atomic E-state index is 12.0. The minimum Gasteiger partial charge on any atom is -0.424 e. The van der Waals surface area contributed by atoms with E-state index in [1.165, 1.54) is 12.7 Å². The molecule has 1 aliphatic carbocycles. The van der Waals surface area contributed by atoms with Gasteiger partial charge in [-0.1, -0.05) is 12.1 Å². The van der Waals surface area contributed by atoms with Crippen molar-refractivity contribution in [2.24, 2.45) is 7.05 Å². The van der Waals surface area contributed by atoms with Gasteiger partial charge in [-0.3, -0.25) is 0 Å². The van der Waals surface area contributed by atoms with E-state index >= 15 is 0 Å². The molecule has 0 saturated heterocycles. The molecule has 1 fully saturated rings. The monoisotopic (exact) mass is 459 g/mol. The molecular formula is C25H29N7O2.